The van der Waals surface area contributed by atoms with Crippen LogP contribution in [0.1, 0.15) is 17.4 Å². The molecule has 3 aromatic rings. The summed E-state index contributed by atoms with van der Waals surface area (Å²) in [6, 6.07) is 10.5. The quantitative estimate of drug-likeness (QED) is 0.710. The highest BCUT2D eigenvalue weighted by Crippen LogP contribution is 2.30. The zero-order valence-electron chi connectivity index (χ0n) is 15.5. The van der Waals surface area contributed by atoms with Crippen molar-refractivity contribution in [1.82, 2.24) is 19.8 Å². The van der Waals surface area contributed by atoms with Gasteiger partial charge >= 0.3 is 0 Å². The fraction of sp³-hybridized carbons (Fsp3) is 0.400. The lowest BCUT2D eigenvalue weighted by molar-refractivity contribution is 0.0383. The van der Waals surface area contributed by atoms with Crippen molar-refractivity contribution in [1.29, 1.82) is 0 Å². The fourth-order valence-electron chi connectivity index (χ4n) is 3.47. The van der Waals surface area contributed by atoms with Crippen molar-refractivity contribution >= 4 is 28.1 Å². The Morgan fingerprint density at radius 3 is 2.93 bits per heavy atom. The molecule has 1 fully saturated rings. The van der Waals surface area contributed by atoms with Crippen LogP contribution in [0.15, 0.2) is 35.7 Å². The van der Waals surface area contributed by atoms with E-state index in [0.29, 0.717) is 12.2 Å². The van der Waals surface area contributed by atoms with Gasteiger partial charge in [-0.05, 0) is 19.1 Å². The van der Waals surface area contributed by atoms with E-state index in [1.807, 2.05) is 17.5 Å². The van der Waals surface area contributed by atoms with E-state index in [9.17, 15) is 4.79 Å². The molecule has 0 unspecified atom stereocenters. The summed E-state index contributed by atoms with van der Waals surface area (Å²) >= 11 is 1.52. The Labute approximate surface area is 162 Å². The number of benzene rings is 1. The molecule has 1 aliphatic rings. The van der Waals surface area contributed by atoms with Gasteiger partial charge in [0.05, 0.1) is 18.9 Å². The van der Waals surface area contributed by atoms with Crippen LogP contribution in [0, 0.1) is 0 Å². The maximum absolute atomic E-state index is 12.4. The molecule has 1 saturated heterocycles. The number of nitrogens with one attached hydrogen (secondary N) is 1. The second kappa shape index (κ2) is 8.21. The zero-order valence-corrected chi connectivity index (χ0v) is 16.3. The molecule has 0 aliphatic carbocycles. The largest absolute Gasteiger partial charge is 0.379 e. The third-order valence-electron chi connectivity index (χ3n) is 4.90. The van der Waals surface area contributed by atoms with Gasteiger partial charge in [-0.1, -0.05) is 18.2 Å². The Bertz CT molecular complexity index is 927. The van der Waals surface area contributed by atoms with Gasteiger partial charge in [-0.15, -0.1) is 11.3 Å². The zero-order chi connectivity index (χ0) is 18.6. The highest BCUT2D eigenvalue weighted by molar-refractivity contribution is 7.13. The van der Waals surface area contributed by atoms with E-state index >= 15 is 0 Å². The normalized spacial score (nSPS) is 15.3. The molecule has 1 amide bonds. The summed E-state index contributed by atoms with van der Waals surface area (Å²) in [6.45, 7) is 7.86. The van der Waals surface area contributed by atoms with Crippen molar-refractivity contribution in [2.24, 2.45) is 0 Å². The topological polar surface area (TPSA) is 59.4 Å². The Hall–Kier alpha value is -2.22. The van der Waals surface area contributed by atoms with E-state index in [1.54, 1.807) is 0 Å². The minimum Gasteiger partial charge on any atom is -0.379 e. The average Bonchev–Trinajstić information content (AvgIpc) is 3.33. The number of aryl methyl sites for hydroxylation is 1. The molecule has 6 nitrogen and oxygen atoms in total. The SMILES string of the molecule is CCn1c(-c2nc(C(=O)NCCN3CCOCC3)cs2)cc2ccccc21. The number of para-hydroxylation sites is 1. The minimum atomic E-state index is -0.107. The van der Waals surface area contributed by atoms with Gasteiger partial charge in [-0.3, -0.25) is 9.69 Å². The fourth-order valence-corrected chi connectivity index (χ4v) is 4.29. The Morgan fingerprint density at radius 2 is 2.11 bits per heavy atom. The first-order valence-electron chi connectivity index (χ1n) is 9.38. The number of nitrogens with zero attached hydrogens (tertiary/aromatic N) is 3. The van der Waals surface area contributed by atoms with E-state index in [0.717, 1.165) is 50.1 Å². The van der Waals surface area contributed by atoms with Crippen LogP contribution in [0.2, 0.25) is 0 Å². The third kappa shape index (κ3) is 3.90. The molecule has 2 aromatic heterocycles. The number of amides is 1. The van der Waals surface area contributed by atoms with Crippen molar-refractivity contribution in [3.63, 3.8) is 0 Å². The molecule has 3 heterocycles. The second-order valence-corrected chi connectivity index (χ2v) is 7.44. The summed E-state index contributed by atoms with van der Waals surface area (Å²) in [6.07, 6.45) is 0. The van der Waals surface area contributed by atoms with Gasteiger partial charge in [0.2, 0.25) is 0 Å². The number of carbonyl (C=O) groups is 1. The van der Waals surface area contributed by atoms with E-state index in [-0.39, 0.29) is 5.91 Å². The van der Waals surface area contributed by atoms with Gasteiger partial charge < -0.3 is 14.6 Å². The molecule has 1 N–H and O–H groups in total. The molecule has 1 aromatic carbocycles. The standard InChI is InChI=1S/C20H24N4O2S/c1-2-24-17-6-4-3-5-15(17)13-18(24)20-22-16(14-27-20)19(25)21-7-8-23-9-11-26-12-10-23/h3-6,13-14H,2,7-12H2,1H3,(H,21,25). The van der Waals surface area contributed by atoms with Crippen LogP contribution < -0.4 is 5.32 Å². The van der Waals surface area contributed by atoms with Crippen LogP contribution in [0.5, 0.6) is 0 Å². The maximum Gasteiger partial charge on any atom is 0.270 e. The number of rotatable bonds is 6. The molecule has 142 valence electrons. The average molecular weight is 385 g/mol. The summed E-state index contributed by atoms with van der Waals surface area (Å²) in [4.78, 5) is 19.3. The molecule has 0 atom stereocenters. The molecule has 7 heteroatoms. The van der Waals surface area contributed by atoms with Crippen LogP contribution in [0.25, 0.3) is 21.6 Å². The summed E-state index contributed by atoms with van der Waals surface area (Å²) < 4.78 is 7.59. The molecular weight excluding hydrogens is 360 g/mol. The summed E-state index contributed by atoms with van der Waals surface area (Å²) in [5.74, 6) is -0.107. The number of hydrogen-bond acceptors (Lipinski definition) is 5. The Morgan fingerprint density at radius 1 is 1.30 bits per heavy atom. The minimum absolute atomic E-state index is 0.107. The molecule has 0 saturated carbocycles. The van der Waals surface area contributed by atoms with Gasteiger partial charge in [0.1, 0.15) is 10.7 Å². The van der Waals surface area contributed by atoms with Crippen LogP contribution in [0.3, 0.4) is 0 Å². The lowest BCUT2D eigenvalue weighted by Crippen LogP contribution is -2.41. The van der Waals surface area contributed by atoms with Gasteiger partial charge in [-0.2, -0.15) is 0 Å². The van der Waals surface area contributed by atoms with Crippen molar-refractivity contribution in [2.75, 3.05) is 39.4 Å². The summed E-state index contributed by atoms with van der Waals surface area (Å²) in [5, 5.41) is 6.90. The van der Waals surface area contributed by atoms with E-state index in [1.165, 1.54) is 22.2 Å². The number of aromatic nitrogens is 2. The summed E-state index contributed by atoms with van der Waals surface area (Å²) in [5.41, 5.74) is 2.75. The summed E-state index contributed by atoms with van der Waals surface area (Å²) in [7, 11) is 0. The predicted octanol–water partition coefficient (Wildman–Crippen LogP) is 2.85. The van der Waals surface area contributed by atoms with Crippen molar-refractivity contribution in [3.8, 4) is 10.7 Å². The smallest absolute Gasteiger partial charge is 0.270 e. The number of morpholine rings is 1. The van der Waals surface area contributed by atoms with E-state index in [2.05, 4.69) is 44.9 Å². The first-order valence-corrected chi connectivity index (χ1v) is 10.3. The first-order chi connectivity index (χ1) is 13.3. The molecule has 27 heavy (non-hydrogen) atoms. The molecule has 0 spiro atoms. The van der Waals surface area contributed by atoms with Crippen molar-refractivity contribution < 1.29 is 9.53 Å². The third-order valence-corrected chi connectivity index (χ3v) is 5.76. The molecule has 1 aliphatic heterocycles. The van der Waals surface area contributed by atoms with E-state index < -0.39 is 0 Å². The number of thiazole rings is 1. The Balaban J connectivity index is 1.44. The van der Waals surface area contributed by atoms with Crippen molar-refractivity contribution in [2.45, 2.75) is 13.5 Å². The maximum atomic E-state index is 12.4. The van der Waals surface area contributed by atoms with Gasteiger partial charge in [0, 0.05) is 49.0 Å². The van der Waals surface area contributed by atoms with Crippen LogP contribution in [-0.4, -0.2) is 59.8 Å². The molecule has 0 radical (unpaired) electrons. The second-order valence-electron chi connectivity index (χ2n) is 6.58. The highest BCUT2D eigenvalue weighted by atomic mass is 32.1. The van der Waals surface area contributed by atoms with Gasteiger partial charge in [-0.25, -0.2) is 4.98 Å². The molecular formula is C20H24N4O2S. The number of ether oxygens (including phenoxy) is 1. The van der Waals surface area contributed by atoms with Crippen LogP contribution in [-0.2, 0) is 11.3 Å². The van der Waals surface area contributed by atoms with Gasteiger partial charge in [0.15, 0.2) is 0 Å². The molecule has 0 bridgehead atoms. The molecule has 4 rings (SSSR count). The number of carbonyl (C=O) groups excluding carboxylic acids is 1. The van der Waals surface area contributed by atoms with Crippen LogP contribution in [0.4, 0.5) is 0 Å². The van der Waals surface area contributed by atoms with E-state index in [4.69, 9.17) is 4.74 Å². The highest BCUT2D eigenvalue weighted by Gasteiger charge is 2.16. The van der Waals surface area contributed by atoms with Crippen LogP contribution >= 0.6 is 11.3 Å². The van der Waals surface area contributed by atoms with Crippen molar-refractivity contribution in [3.05, 3.63) is 41.4 Å². The monoisotopic (exact) mass is 384 g/mol. The number of fused-ring (bicyclic) bond motifs is 1. The number of hydrogen-bond donors (Lipinski definition) is 1. The lowest BCUT2D eigenvalue weighted by Gasteiger charge is -2.26. The predicted molar refractivity (Wildman–Crippen MR) is 108 cm³/mol. The van der Waals surface area contributed by atoms with Gasteiger partial charge in [0.25, 0.3) is 5.91 Å². The first kappa shape index (κ1) is 18.2. The lowest BCUT2D eigenvalue weighted by atomic mass is 10.2. The Kier molecular flexibility index (Phi) is 5.52.